The van der Waals surface area contributed by atoms with Crippen LogP contribution in [0.1, 0.15) is 5.56 Å². The molecular weight excluding hydrogens is 354 g/mol. The van der Waals surface area contributed by atoms with E-state index in [4.69, 9.17) is 0 Å². The Balaban J connectivity index is 1.39. The molecule has 0 bridgehead atoms. The molecule has 8 nitrogen and oxygen atoms in total. The van der Waals surface area contributed by atoms with Crippen LogP contribution in [0.4, 0.5) is 16.4 Å². The lowest BCUT2D eigenvalue weighted by molar-refractivity contribution is 0.208. The Hall–Kier alpha value is -3.42. The molecule has 3 aromatic rings. The average Bonchev–Trinajstić information content (AvgIpc) is 3.09. The second kappa shape index (κ2) is 7.67. The van der Waals surface area contributed by atoms with Crippen molar-refractivity contribution < 1.29 is 4.79 Å². The second-order valence-electron chi connectivity index (χ2n) is 6.80. The molecule has 0 aliphatic carbocycles. The minimum absolute atomic E-state index is 0.118. The van der Waals surface area contributed by atoms with Gasteiger partial charge in [0.1, 0.15) is 17.3 Å². The van der Waals surface area contributed by atoms with Crippen LogP contribution in [-0.2, 0) is 7.05 Å². The molecule has 8 heteroatoms. The number of amides is 2. The molecule has 0 radical (unpaired) electrons. The van der Waals surface area contributed by atoms with Crippen molar-refractivity contribution in [2.75, 3.05) is 36.4 Å². The smallest absolute Gasteiger partial charge is 0.323 e. The zero-order valence-corrected chi connectivity index (χ0v) is 16.0. The quantitative estimate of drug-likeness (QED) is 0.759. The largest absolute Gasteiger partial charge is 0.353 e. The first-order valence-corrected chi connectivity index (χ1v) is 9.30. The van der Waals surface area contributed by atoms with E-state index < -0.39 is 0 Å². The molecule has 4 rings (SSSR count). The van der Waals surface area contributed by atoms with Crippen molar-refractivity contribution in [3.63, 3.8) is 0 Å². The van der Waals surface area contributed by atoms with Crippen LogP contribution in [0.2, 0.25) is 0 Å². The van der Waals surface area contributed by atoms with Crippen LogP contribution in [0, 0.1) is 6.92 Å². The normalized spacial score (nSPS) is 14.2. The van der Waals surface area contributed by atoms with Crippen molar-refractivity contribution in [1.82, 2.24) is 24.6 Å². The zero-order chi connectivity index (χ0) is 19.5. The number of piperazine rings is 1. The standard InChI is InChI=1S/C20H23N7O/c1-15-6-5-9-22-19(15)26-10-12-27(13-11-26)20(28)23-18-14-17(24-25(18)2)16-7-3-4-8-21-16/h3-9,14H,10-13H2,1-2H3,(H,23,28). The lowest BCUT2D eigenvalue weighted by Gasteiger charge is -2.35. The number of carbonyl (C=O) groups excluding carboxylic acids is 1. The van der Waals surface area contributed by atoms with Gasteiger partial charge in [-0.05, 0) is 30.7 Å². The van der Waals surface area contributed by atoms with Crippen LogP contribution in [-0.4, -0.2) is 56.9 Å². The van der Waals surface area contributed by atoms with E-state index >= 15 is 0 Å². The van der Waals surface area contributed by atoms with E-state index in [1.54, 1.807) is 10.9 Å². The number of hydrogen-bond donors (Lipinski definition) is 1. The van der Waals surface area contributed by atoms with E-state index in [1.807, 2.05) is 48.5 Å². The number of aryl methyl sites for hydroxylation is 2. The summed E-state index contributed by atoms with van der Waals surface area (Å²) in [5.74, 6) is 1.64. The molecule has 1 saturated heterocycles. The Morgan fingerprint density at radius 1 is 1.00 bits per heavy atom. The maximum absolute atomic E-state index is 12.7. The van der Waals surface area contributed by atoms with E-state index in [1.165, 1.54) is 0 Å². The molecule has 1 aliphatic heterocycles. The molecule has 28 heavy (non-hydrogen) atoms. The Bertz CT molecular complexity index is 962. The number of rotatable bonds is 3. The molecule has 1 aliphatic rings. The number of nitrogens with one attached hydrogen (secondary N) is 1. The van der Waals surface area contributed by atoms with Gasteiger partial charge in [-0.2, -0.15) is 5.10 Å². The predicted molar refractivity (Wildman–Crippen MR) is 108 cm³/mol. The predicted octanol–water partition coefficient (Wildman–Crippen LogP) is 2.54. The summed E-state index contributed by atoms with van der Waals surface area (Å²) in [7, 11) is 1.81. The summed E-state index contributed by atoms with van der Waals surface area (Å²) in [6.45, 7) is 4.87. The molecule has 1 N–H and O–H groups in total. The van der Waals surface area contributed by atoms with Gasteiger partial charge in [0.25, 0.3) is 0 Å². The molecule has 0 unspecified atom stereocenters. The highest BCUT2D eigenvalue weighted by molar-refractivity contribution is 5.89. The molecular formula is C20H23N7O. The summed E-state index contributed by atoms with van der Waals surface area (Å²) in [6.07, 6.45) is 3.54. The molecule has 0 atom stereocenters. The lowest BCUT2D eigenvalue weighted by atomic mass is 10.2. The molecule has 0 saturated carbocycles. The average molecular weight is 377 g/mol. The fourth-order valence-corrected chi connectivity index (χ4v) is 3.34. The lowest BCUT2D eigenvalue weighted by Crippen LogP contribution is -2.50. The van der Waals surface area contributed by atoms with E-state index in [9.17, 15) is 4.79 Å². The van der Waals surface area contributed by atoms with Gasteiger partial charge in [-0.3, -0.25) is 15.0 Å². The van der Waals surface area contributed by atoms with Gasteiger partial charge in [-0.25, -0.2) is 9.78 Å². The summed E-state index contributed by atoms with van der Waals surface area (Å²) in [5.41, 5.74) is 2.66. The summed E-state index contributed by atoms with van der Waals surface area (Å²) in [6, 6.07) is 11.4. The van der Waals surface area contributed by atoms with Crippen molar-refractivity contribution in [3.05, 3.63) is 54.4 Å². The van der Waals surface area contributed by atoms with Gasteiger partial charge in [-0.15, -0.1) is 0 Å². The van der Waals surface area contributed by atoms with E-state index in [0.29, 0.717) is 18.9 Å². The fourth-order valence-electron chi connectivity index (χ4n) is 3.34. The number of carbonyl (C=O) groups is 1. The first kappa shape index (κ1) is 18.0. The number of hydrogen-bond acceptors (Lipinski definition) is 5. The highest BCUT2D eigenvalue weighted by Gasteiger charge is 2.23. The Kier molecular flexibility index (Phi) is 4.92. The third kappa shape index (κ3) is 3.66. The van der Waals surface area contributed by atoms with Crippen LogP contribution in [0.3, 0.4) is 0 Å². The van der Waals surface area contributed by atoms with E-state index in [-0.39, 0.29) is 6.03 Å². The van der Waals surface area contributed by atoms with Gasteiger partial charge in [0, 0.05) is 51.7 Å². The number of nitrogens with zero attached hydrogens (tertiary/aromatic N) is 6. The maximum atomic E-state index is 12.7. The maximum Gasteiger partial charge on any atom is 0.323 e. The highest BCUT2D eigenvalue weighted by Crippen LogP contribution is 2.21. The van der Waals surface area contributed by atoms with Gasteiger partial charge in [0.15, 0.2) is 0 Å². The summed E-state index contributed by atoms with van der Waals surface area (Å²) in [5, 5.41) is 7.41. The van der Waals surface area contributed by atoms with Gasteiger partial charge < -0.3 is 9.80 Å². The van der Waals surface area contributed by atoms with Crippen LogP contribution in [0.5, 0.6) is 0 Å². The number of aromatic nitrogens is 4. The number of urea groups is 1. The van der Waals surface area contributed by atoms with Gasteiger partial charge in [0.2, 0.25) is 0 Å². The number of pyridine rings is 2. The third-order valence-electron chi connectivity index (χ3n) is 4.89. The van der Waals surface area contributed by atoms with Gasteiger partial charge in [-0.1, -0.05) is 12.1 Å². The summed E-state index contributed by atoms with van der Waals surface area (Å²) < 4.78 is 1.66. The summed E-state index contributed by atoms with van der Waals surface area (Å²) in [4.78, 5) is 25.5. The van der Waals surface area contributed by atoms with Crippen molar-refractivity contribution >= 4 is 17.7 Å². The molecule has 4 heterocycles. The van der Waals surface area contributed by atoms with Crippen molar-refractivity contribution in [3.8, 4) is 11.4 Å². The van der Waals surface area contributed by atoms with Crippen LogP contribution in [0.25, 0.3) is 11.4 Å². The van der Waals surface area contributed by atoms with Crippen molar-refractivity contribution in [2.24, 2.45) is 7.05 Å². The molecule has 0 aromatic carbocycles. The van der Waals surface area contributed by atoms with Crippen molar-refractivity contribution in [2.45, 2.75) is 6.92 Å². The minimum atomic E-state index is -0.118. The number of anilines is 2. The van der Waals surface area contributed by atoms with Crippen LogP contribution in [0.15, 0.2) is 48.8 Å². The Morgan fingerprint density at radius 2 is 1.79 bits per heavy atom. The van der Waals surface area contributed by atoms with Crippen LogP contribution < -0.4 is 10.2 Å². The van der Waals surface area contributed by atoms with Gasteiger partial charge >= 0.3 is 6.03 Å². The van der Waals surface area contributed by atoms with Crippen molar-refractivity contribution in [1.29, 1.82) is 0 Å². The molecule has 2 amide bonds. The first-order chi connectivity index (χ1) is 13.6. The molecule has 0 spiro atoms. The Morgan fingerprint density at radius 3 is 2.50 bits per heavy atom. The molecule has 144 valence electrons. The highest BCUT2D eigenvalue weighted by atomic mass is 16.2. The molecule has 3 aromatic heterocycles. The topological polar surface area (TPSA) is 79.2 Å². The molecule has 1 fully saturated rings. The monoisotopic (exact) mass is 377 g/mol. The zero-order valence-electron chi connectivity index (χ0n) is 16.0. The van der Waals surface area contributed by atoms with E-state index in [0.717, 1.165) is 35.9 Å². The fraction of sp³-hybridized carbons (Fsp3) is 0.300. The minimum Gasteiger partial charge on any atom is -0.353 e. The summed E-state index contributed by atoms with van der Waals surface area (Å²) >= 11 is 0. The van der Waals surface area contributed by atoms with E-state index in [2.05, 4.69) is 38.3 Å². The SMILES string of the molecule is Cc1cccnc1N1CCN(C(=O)Nc2cc(-c3ccccn3)nn2C)CC1. The Labute approximate surface area is 163 Å². The first-order valence-electron chi connectivity index (χ1n) is 9.30. The second-order valence-corrected chi connectivity index (χ2v) is 6.80. The van der Waals surface area contributed by atoms with Crippen LogP contribution >= 0.6 is 0 Å². The van der Waals surface area contributed by atoms with Gasteiger partial charge in [0.05, 0.1) is 5.69 Å². The third-order valence-corrected chi connectivity index (χ3v) is 4.89.